The van der Waals surface area contributed by atoms with Crippen LogP contribution in [0.3, 0.4) is 0 Å². The van der Waals surface area contributed by atoms with Gasteiger partial charge in [-0.05, 0) is 73.9 Å². The van der Waals surface area contributed by atoms with Crippen molar-refractivity contribution in [1.82, 2.24) is 0 Å². The van der Waals surface area contributed by atoms with Crippen molar-refractivity contribution in [3.63, 3.8) is 0 Å². The zero-order valence-electron chi connectivity index (χ0n) is 14.1. The number of hydrogen-bond donors (Lipinski definition) is 1. The maximum Gasteiger partial charge on any atom is 0.220 e. The van der Waals surface area contributed by atoms with E-state index in [1.807, 2.05) is 12.1 Å². The molecule has 0 spiro atoms. The van der Waals surface area contributed by atoms with Gasteiger partial charge in [-0.3, -0.25) is 4.79 Å². The van der Waals surface area contributed by atoms with Crippen molar-refractivity contribution in [2.75, 3.05) is 0 Å². The Kier molecular flexibility index (Phi) is 6.07. The molecular formula is C20H23F2NO. The van der Waals surface area contributed by atoms with Gasteiger partial charge in [-0.1, -0.05) is 24.3 Å². The van der Waals surface area contributed by atoms with Gasteiger partial charge in [-0.25, -0.2) is 8.78 Å². The second-order valence-electron chi connectivity index (χ2n) is 6.36. The minimum Gasteiger partial charge on any atom is -0.369 e. The molecule has 0 saturated carbocycles. The van der Waals surface area contributed by atoms with E-state index in [-0.39, 0.29) is 23.5 Å². The minimum atomic E-state index is -0.383. The average molecular weight is 331 g/mol. The molecular weight excluding hydrogens is 308 g/mol. The number of carbonyl (C=O) groups excluding carboxylic acids is 1. The predicted octanol–water partition coefficient (Wildman–Crippen LogP) is 4.25. The fourth-order valence-corrected chi connectivity index (χ4v) is 2.74. The predicted molar refractivity (Wildman–Crippen MR) is 91.6 cm³/mol. The molecule has 0 aliphatic rings. The summed E-state index contributed by atoms with van der Waals surface area (Å²) in [5.41, 5.74) is 8.36. The minimum absolute atomic E-state index is 0.214. The van der Waals surface area contributed by atoms with Crippen LogP contribution in [0.15, 0.2) is 36.4 Å². The summed E-state index contributed by atoms with van der Waals surface area (Å²) >= 11 is 0. The summed E-state index contributed by atoms with van der Waals surface area (Å²) in [7, 11) is 0. The lowest BCUT2D eigenvalue weighted by Crippen LogP contribution is -2.25. The smallest absolute Gasteiger partial charge is 0.220 e. The molecule has 1 amide bonds. The molecule has 0 aliphatic heterocycles. The summed E-state index contributed by atoms with van der Waals surface area (Å²) in [5, 5.41) is 0. The molecule has 0 saturated heterocycles. The van der Waals surface area contributed by atoms with Crippen molar-refractivity contribution >= 4 is 5.91 Å². The van der Waals surface area contributed by atoms with Crippen LogP contribution >= 0.6 is 0 Å². The van der Waals surface area contributed by atoms with E-state index in [2.05, 4.69) is 0 Å². The summed E-state index contributed by atoms with van der Waals surface area (Å²) in [6.45, 7) is 3.42. The lowest BCUT2D eigenvalue weighted by molar-refractivity contribution is -0.122. The zero-order chi connectivity index (χ0) is 17.7. The maximum atomic E-state index is 13.6. The van der Waals surface area contributed by atoms with Gasteiger partial charge < -0.3 is 5.73 Å². The first kappa shape index (κ1) is 18.1. The standard InChI is InChI=1S/C20H23F2NO/c1-13-6-8-15(11-18(13)21)4-3-5-17(20(23)24)10-16-9-7-14(2)19(22)12-16/h6-9,11-12,17H,3-5,10H2,1-2H3,(H2,23,24). The number of carbonyl (C=O) groups is 1. The molecule has 0 radical (unpaired) electrons. The number of primary amides is 1. The van der Waals surface area contributed by atoms with Gasteiger partial charge in [0.15, 0.2) is 0 Å². The molecule has 1 atom stereocenters. The molecule has 2 rings (SSSR count). The number of benzene rings is 2. The number of halogens is 2. The Morgan fingerprint density at radius 1 is 1.00 bits per heavy atom. The first-order valence-corrected chi connectivity index (χ1v) is 8.16. The Morgan fingerprint density at radius 2 is 1.54 bits per heavy atom. The van der Waals surface area contributed by atoms with Crippen molar-refractivity contribution in [1.29, 1.82) is 0 Å². The molecule has 0 aromatic heterocycles. The van der Waals surface area contributed by atoms with Crippen LogP contribution in [-0.4, -0.2) is 5.91 Å². The molecule has 2 nitrogen and oxygen atoms in total. The van der Waals surface area contributed by atoms with Crippen LogP contribution in [0, 0.1) is 31.4 Å². The SMILES string of the molecule is Cc1ccc(CCCC(Cc2ccc(C)c(F)c2)C(N)=O)cc1F. The van der Waals surface area contributed by atoms with E-state index in [0.717, 1.165) is 17.5 Å². The Morgan fingerprint density at radius 3 is 2.08 bits per heavy atom. The Bertz CT molecular complexity index is 728. The fourth-order valence-electron chi connectivity index (χ4n) is 2.74. The largest absolute Gasteiger partial charge is 0.369 e. The van der Waals surface area contributed by atoms with Gasteiger partial charge in [-0.2, -0.15) is 0 Å². The lowest BCUT2D eigenvalue weighted by Gasteiger charge is -2.14. The normalized spacial score (nSPS) is 12.2. The van der Waals surface area contributed by atoms with Gasteiger partial charge >= 0.3 is 0 Å². The maximum absolute atomic E-state index is 13.6. The summed E-state index contributed by atoms with van der Waals surface area (Å²) in [4.78, 5) is 11.7. The summed E-state index contributed by atoms with van der Waals surface area (Å²) < 4.78 is 27.2. The molecule has 0 fully saturated rings. The molecule has 128 valence electrons. The highest BCUT2D eigenvalue weighted by Crippen LogP contribution is 2.19. The highest BCUT2D eigenvalue weighted by atomic mass is 19.1. The van der Waals surface area contributed by atoms with E-state index in [1.54, 1.807) is 26.0 Å². The van der Waals surface area contributed by atoms with Gasteiger partial charge in [0.05, 0.1) is 0 Å². The summed E-state index contributed by atoms with van der Waals surface area (Å²) in [6, 6.07) is 10.2. The van der Waals surface area contributed by atoms with Gasteiger partial charge in [0.1, 0.15) is 11.6 Å². The summed E-state index contributed by atoms with van der Waals surface area (Å²) in [6.07, 6.45) is 2.43. The van der Waals surface area contributed by atoms with E-state index in [1.165, 1.54) is 12.1 Å². The van der Waals surface area contributed by atoms with Gasteiger partial charge in [-0.15, -0.1) is 0 Å². The highest BCUT2D eigenvalue weighted by molar-refractivity contribution is 5.76. The molecule has 1 unspecified atom stereocenters. The Balaban J connectivity index is 1.94. The van der Waals surface area contributed by atoms with Crippen molar-refractivity contribution in [2.45, 2.75) is 39.5 Å². The molecule has 2 N–H and O–H groups in total. The van der Waals surface area contributed by atoms with Crippen molar-refractivity contribution in [2.24, 2.45) is 11.7 Å². The average Bonchev–Trinajstić information content (AvgIpc) is 2.53. The molecule has 0 heterocycles. The van der Waals surface area contributed by atoms with Crippen LogP contribution in [0.25, 0.3) is 0 Å². The van der Waals surface area contributed by atoms with Gasteiger partial charge in [0.2, 0.25) is 5.91 Å². The quantitative estimate of drug-likeness (QED) is 0.810. The van der Waals surface area contributed by atoms with Crippen molar-refractivity contribution in [3.05, 3.63) is 70.3 Å². The Hall–Kier alpha value is -2.23. The highest BCUT2D eigenvalue weighted by Gasteiger charge is 2.16. The van der Waals surface area contributed by atoms with Crippen LogP contribution in [0.2, 0.25) is 0 Å². The Labute approximate surface area is 141 Å². The first-order chi connectivity index (χ1) is 11.4. The van der Waals surface area contributed by atoms with E-state index in [0.29, 0.717) is 30.4 Å². The van der Waals surface area contributed by atoms with Crippen LogP contribution in [-0.2, 0) is 17.6 Å². The number of nitrogens with two attached hydrogens (primary N) is 1. The van der Waals surface area contributed by atoms with Crippen LogP contribution in [0.5, 0.6) is 0 Å². The molecule has 2 aromatic carbocycles. The zero-order valence-corrected chi connectivity index (χ0v) is 14.1. The molecule has 4 heteroatoms. The fraction of sp³-hybridized carbons (Fsp3) is 0.350. The molecule has 0 bridgehead atoms. The van der Waals surface area contributed by atoms with Crippen molar-refractivity contribution < 1.29 is 13.6 Å². The molecule has 2 aromatic rings. The van der Waals surface area contributed by atoms with Crippen molar-refractivity contribution in [3.8, 4) is 0 Å². The third kappa shape index (κ3) is 4.88. The second kappa shape index (κ2) is 8.04. The van der Waals surface area contributed by atoms with Crippen LogP contribution in [0.4, 0.5) is 8.78 Å². The van der Waals surface area contributed by atoms with E-state index in [4.69, 9.17) is 5.73 Å². The second-order valence-corrected chi connectivity index (χ2v) is 6.36. The van der Waals surface area contributed by atoms with Crippen LogP contribution < -0.4 is 5.73 Å². The number of rotatable bonds is 7. The topological polar surface area (TPSA) is 43.1 Å². The van der Waals surface area contributed by atoms with E-state index in [9.17, 15) is 13.6 Å². The van der Waals surface area contributed by atoms with Gasteiger partial charge in [0, 0.05) is 5.92 Å². The number of amides is 1. The third-order valence-electron chi connectivity index (χ3n) is 4.37. The summed E-state index contributed by atoms with van der Waals surface area (Å²) in [5.74, 6) is -1.21. The van der Waals surface area contributed by atoms with E-state index >= 15 is 0 Å². The third-order valence-corrected chi connectivity index (χ3v) is 4.37. The van der Waals surface area contributed by atoms with Crippen LogP contribution in [0.1, 0.15) is 35.1 Å². The number of hydrogen-bond acceptors (Lipinski definition) is 1. The van der Waals surface area contributed by atoms with E-state index < -0.39 is 0 Å². The molecule has 24 heavy (non-hydrogen) atoms. The lowest BCUT2D eigenvalue weighted by atomic mass is 9.92. The monoisotopic (exact) mass is 331 g/mol. The molecule has 0 aliphatic carbocycles. The van der Waals surface area contributed by atoms with Gasteiger partial charge in [0.25, 0.3) is 0 Å². The number of aryl methyl sites for hydroxylation is 3. The first-order valence-electron chi connectivity index (χ1n) is 8.16.